The minimum absolute atomic E-state index is 0.201. The molecule has 15 heavy (non-hydrogen) atoms. The zero-order valence-electron chi connectivity index (χ0n) is 10.1. The van der Waals surface area contributed by atoms with Gasteiger partial charge in [0.1, 0.15) is 0 Å². The SMILES string of the molecule is CC(C)OC[C@@H](O)CN1CCN(C)CC1. The smallest absolute Gasteiger partial charge is 0.0900 e. The Labute approximate surface area is 92.8 Å². The number of likely N-dealkylation sites (N-methyl/N-ethyl adjacent to an activating group) is 1. The lowest BCUT2D eigenvalue weighted by molar-refractivity contribution is -0.0134. The van der Waals surface area contributed by atoms with Crippen molar-refractivity contribution >= 4 is 0 Å². The van der Waals surface area contributed by atoms with E-state index in [4.69, 9.17) is 4.74 Å². The molecule has 0 amide bonds. The molecule has 1 heterocycles. The Hall–Kier alpha value is -0.160. The molecule has 1 saturated heterocycles. The topological polar surface area (TPSA) is 35.9 Å². The second-order valence-electron chi connectivity index (χ2n) is 4.64. The van der Waals surface area contributed by atoms with Crippen LogP contribution in [0.1, 0.15) is 13.8 Å². The maximum absolute atomic E-state index is 9.74. The molecule has 0 bridgehead atoms. The third-order valence-corrected chi connectivity index (χ3v) is 2.69. The van der Waals surface area contributed by atoms with E-state index in [0.29, 0.717) is 6.61 Å². The van der Waals surface area contributed by atoms with E-state index in [-0.39, 0.29) is 12.2 Å². The van der Waals surface area contributed by atoms with Gasteiger partial charge in [-0.1, -0.05) is 0 Å². The average molecular weight is 216 g/mol. The van der Waals surface area contributed by atoms with Crippen LogP contribution in [0.25, 0.3) is 0 Å². The Morgan fingerprint density at radius 1 is 1.20 bits per heavy atom. The molecule has 0 aromatic heterocycles. The van der Waals surface area contributed by atoms with Gasteiger partial charge in [0.15, 0.2) is 0 Å². The van der Waals surface area contributed by atoms with Crippen LogP contribution < -0.4 is 0 Å². The predicted octanol–water partition coefficient (Wildman–Crippen LogP) is 0.0197. The molecule has 1 aliphatic heterocycles. The molecule has 4 nitrogen and oxygen atoms in total. The molecular weight excluding hydrogens is 192 g/mol. The maximum atomic E-state index is 9.74. The molecular formula is C11H24N2O2. The highest BCUT2D eigenvalue weighted by Gasteiger charge is 2.17. The van der Waals surface area contributed by atoms with E-state index in [0.717, 1.165) is 32.7 Å². The molecule has 1 aliphatic rings. The molecule has 0 radical (unpaired) electrons. The zero-order valence-corrected chi connectivity index (χ0v) is 10.1. The van der Waals surface area contributed by atoms with Crippen LogP contribution in [-0.2, 0) is 4.74 Å². The second kappa shape index (κ2) is 6.43. The zero-order chi connectivity index (χ0) is 11.3. The van der Waals surface area contributed by atoms with Crippen LogP contribution in [0.15, 0.2) is 0 Å². The largest absolute Gasteiger partial charge is 0.389 e. The van der Waals surface area contributed by atoms with Crippen molar-refractivity contribution in [2.45, 2.75) is 26.1 Å². The van der Waals surface area contributed by atoms with Crippen molar-refractivity contribution in [1.82, 2.24) is 9.80 Å². The number of nitrogens with zero attached hydrogens (tertiary/aromatic N) is 2. The molecule has 1 rings (SSSR count). The summed E-state index contributed by atoms with van der Waals surface area (Å²) < 4.78 is 5.38. The molecule has 0 spiro atoms. The quantitative estimate of drug-likeness (QED) is 0.703. The number of hydrogen-bond acceptors (Lipinski definition) is 4. The number of ether oxygens (including phenoxy) is 1. The van der Waals surface area contributed by atoms with Gasteiger partial charge in [-0.3, -0.25) is 4.90 Å². The van der Waals surface area contributed by atoms with Crippen molar-refractivity contribution in [3.8, 4) is 0 Å². The molecule has 0 aromatic rings. The summed E-state index contributed by atoms with van der Waals surface area (Å²) in [4.78, 5) is 4.61. The summed E-state index contributed by atoms with van der Waals surface area (Å²) in [7, 11) is 2.13. The van der Waals surface area contributed by atoms with Gasteiger partial charge in [-0.05, 0) is 20.9 Å². The van der Waals surface area contributed by atoms with Gasteiger partial charge in [0, 0.05) is 32.7 Å². The van der Waals surface area contributed by atoms with Gasteiger partial charge in [-0.25, -0.2) is 0 Å². The minimum Gasteiger partial charge on any atom is -0.389 e. The van der Waals surface area contributed by atoms with Crippen LogP contribution in [0.2, 0.25) is 0 Å². The number of rotatable bonds is 5. The molecule has 4 heteroatoms. The summed E-state index contributed by atoms with van der Waals surface area (Å²) in [6, 6.07) is 0. The van der Waals surface area contributed by atoms with Crippen LogP contribution in [0.3, 0.4) is 0 Å². The van der Waals surface area contributed by atoms with E-state index in [9.17, 15) is 5.11 Å². The first kappa shape index (κ1) is 12.9. The summed E-state index contributed by atoms with van der Waals surface area (Å²) >= 11 is 0. The lowest BCUT2D eigenvalue weighted by atomic mass is 10.3. The van der Waals surface area contributed by atoms with Gasteiger partial charge in [0.2, 0.25) is 0 Å². The van der Waals surface area contributed by atoms with Gasteiger partial charge in [-0.2, -0.15) is 0 Å². The first-order chi connectivity index (χ1) is 7.08. The summed E-state index contributed by atoms with van der Waals surface area (Å²) in [5.74, 6) is 0. The van der Waals surface area contributed by atoms with E-state index >= 15 is 0 Å². The maximum Gasteiger partial charge on any atom is 0.0900 e. The van der Waals surface area contributed by atoms with E-state index in [1.54, 1.807) is 0 Å². The number of aliphatic hydroxyl groups is 1. The minimum atomic E-state index is -0.351. The van der Waals surface area contributed by atoms with Crippen LogP contribution in [0, 0.1) is 0 Å². The lowest BCUT2D eigenvalue weighted by Gasteiger charge is -2.33. The van der Waals surface area contributed by atoms with Crippen LogP contribution in [0.5, 0.6) is 0 Å². The molecule has 0 aliphatic carbocycles. The van der Waals surface area contributed by atoms with E-state index in [2.05, 4.69) is 16.8 Å². The summed E-state index contributed by atoms with van der Waals surface area (Å²) in [5.41, 5.74) is 0. The van der Waals surface area contributed by atoms with Gasteiger partial charge >= 0.3 is 0 Å². The molecule has 0 aromatic carbocycles. The lowest BCUT2D eigenvalue weighted by Crippen LogP contribution is -2.47. The Kier molecular flexibility index (Phi) is 5.53. The predicted molar refractivity (Wildman–Crippen MR) is 61.0 cm³/mol. The Bertz CT molecular complexity index is 168. The standard InChI is InChI=1S/C11H24N2O2/c1-10(2)15-9-11(14)8-13-6-4-12(3)5-7-13/h10-11,14H,4-9H2,1-3H3/t11-/m0/s1. The molecule has 1 atom stereocenters. The fourth-order valence-electron chi connectivity index (χ4n) is 1.68. The fraction of sp³-hybridized carbons (Fsp3) is 1.00. The monoisotopic (exact) mass is 216 g/mol. The summed E-state index contributed by atoms with van der Waals surface area (Å²) in [6.45, 7) is 9.45. The average Bonchev–Trinajstić information content (AvgIpc) is 2.19. The van der Waals surface area contributed by atoms with Gasteiger partial charge in [-0.15, -0.1) is 0 Å². The highest BCUT2D eigenvalue weighted by Crippen LogP contribution is 2.01. The highest BCUT2D eigenvalue weighted by atomic mass is 16.5. The van der Waals surface area contributed by atoms with Crippen molar-refractivity contribution in [2.75, 3.05) is 46.4 Å². The number of aliphatic hydroxyl groups excluding tert-OH is 1. The van der Waals surface area contributed by atoms with E-state index < -0.39 is 0 Å². The number of hydrogen-bond donors (Lipinski definition) is 1. The molecule has 1 N–H and O–H groups in total. The Morgan fingerprint density at radius 2 is 1.80 bits per heavy atom. The fourth-order valence-corrected chi connectivity index (χ4v) is 1.68. The Balaban J connectivity index is 2.12. The van der Waals surface area contributed by atoms with Crippen LogP contribution in [0.4, 0.5) is 0 Å². The molecule has 90 valence electrons. The van der Waals surface area contributed by atoms with Crippen molar-refractivity contribution in [1.29, 1.82) is 0 Å². The summed E-state index contributed by atoms with van der Waals surface area (Å²) in [6.07, 6.45) is -0.150. The van der Waals surface area contributed by atoms with Crippen LogP contribution in [-0.4, -0.2) is 73.5 Å². The van der Waals surface area contributed by atoms with E-state index in [1.165, 1.54) is 0 Å². The first-order valence-corrected chi connectivity index (χ1v) is 5.78. The normalized spacial score (nSPS) is 22.2. The third kappa shape index (κ3) is 5.47. The van der Waals surface area contributed by atoms with Gasteiger partial charge in [0.25, 0.3) is 0 Å². The second-order valence-corrected chi connectivity index (χ2v) is 4.64. The number of β-amino-alcohol motifs (C(OH)–C–C–N with tert-alkyl or cyclic N) is 1. The van der Waals surface area contributed by atoms with Crippen LogP contribution >= 0.6 is 0 Å². The van der Waals surface area contributed by atoms with Crippen molar-refractivity contribution in [3.05, 3.63) is 0 Å². The Morgan fingerprint density at radius 3 is 2.33 bits per heavy atom. The molecule has 1 fully saturated rings. The van der Waals surface area contributed by atoms with Crippen molar-refractivity contribution in [2.24, 2.45) is 0 Å². The third-order valence-electron chi connectivity index (χ3n) is 2.69. The number of piperazine rings is 1. The van der Waals surface area contributed by atoms with Crippen molar-refractivity contribution < 1.29 is 9.84 Å². The summed E-state index contributed by atoms with van der Waals surface area (Å²) in [5, 5.41) is 9.74. The first-order valence-electron chi connectivity index (χ1n) is 5.78. The molecule has 0 unspecified atom stereocenters. The van der Waals surface area contributed by atoms with E-state index in [1.807, 2.05) is 13.8 Å². The van der Waals surface area contributed by atoms with Crippen molar-refractivity contribution in [3.63, 3.8) is 0 Å². The highest BCUT2D eigenvalue weighted by molar-refractivity contribution is 4.72. The van der Waals surface area contributed by atoms with Gasteiger partial charge < -0.3 is 14.7 Å². The van der Waals surface area contributed by atoms with Gasteiger partial charge in [0.05, 0.1) is 18.8 Å². The molecule has 0 saturated carbocycles.